The molecule has 0 fully saturated rings. The van der Waals surface area contributed by atoms with Gasteiger partial charge in [0.2, 0.25) is 5.75 Å². The number of benzene rings is 2. The molecule has 186 valence electrons. The number of methoxy groups -OCH3 is 4. The number of rotatable bonds is 13. The lowest BCUT2D eigenvalue weighted by molar-refractivity contribution is 0.291. The van der Waals surface area contributed by atoms with E-state index < -0.39 is 5.41 Å². The molecule has 2 aromatic rings. The maximum atomic E-state index is 10.3. The van der Waals surface area contributed by atoms with Crippen LogP contribution in [0.4, 0.5) is 0 Å². The zero-order valence-electron chi connectivity index (χ0n) is 21.5. The van der Waals surface area contributed by atoms with E-state index in [1.807, 2.05) is 12.1 Å². The van der Waals surface area contributed by atoms with Crippen LogP contribution in [0.25, 0.3) is 0 Å². The molecular formula is C27H38N2O5. The van der Waals surface area contributed by atoms with Crippen LogP contribution in [0.3, 0.4) is 0 Å². The highest BCUT2D eigenvalue weighted by Gasteiger charge is 2.37. The van der Waals surface area contributed by atoms with E-state index in [0.717, 1.165) is 43.0 Å². The first-order valence-electron chi connectivity index (χ1n) is 11.5. The van der Waals surface area contributed by atoms with Gasteiger partial charge in [-0.15, -0.1) is 0 Å². The lowest BCUT2D eigenvalue weighted by Crippen LogP contribution is -2.32. The molecule has 7 nitrogen and oxygen atoms in total. The minimum Gasteiger partial charge on any atom is -0.502 e. The average Bonchev–Trinajstić information content (AvgIpc) is 2.85. The van der Waals surface area contributed by atoms with Crippen molar-refractivity contribution < 1.29 is 24.1 Å². The Morgan fingerprint density at radius 2 is 1.50 bits per heavy atom. The molecule has 0 saturated carbocycles. The van der Waals surface area contributed by atoms with Crippen LogP contribution in [-0.4, -0.2) is 58.6 Å². The molecule has 34 heavy (non-hydrogen) atoms. The topological polar surface area (TPSA) is 84.2 Å². The fourth-order valence-electron chi connectivity index (χ4n) is 4.26. The van der Waals surface area contributed by atoms with Crippen LogP contribution in [0, 0.1) is 17.2 Å². The Labute approximate surface area is 203 Å². The summed E-state index contributed by atoms with van der Waals surface area (Å²) in [7, 11) is 8.36. The van der Waals surface area contributed by atoms with Gasteiger partial charge in [0, 0.05) is 6.54 Å². The second kappa shape index (κ2) is 12.4. The van der Waals surface area contributed by atoms with E-state index in [-0.39, 0.29) is 11.7 Å². The number of hydrogen-bond acceptors (Lipinski definition) is 7. The summed E-state index contributed by atoms with van der Waals surface area (Å²) < 4.78 is 21.4. The Bertz CT molecular complexity index is 960. The largest absolute Gasteiger partial charge is 0.502 e. The molecular weight excluding hydrogens is 432 g/mol. The Kier molecular flexibility index (Phi) is 9.88. The van der Waals surface area contributed by atoms with Crippen molar-refractivity contribution in [3.05, 3.63) is 41.5 Å². The zero-order chi connectivity index (χ0) is 25.3. The van der Waals surface area contributed by atoms with Crippen molar-refractivity contribution in [1.29, 1.82) is 5.26 Å². The first-order valence-corrected chi connectivity index (χ1v) is 11.5. The van der Waals surface area contributed by atoms with Gasteiger partial charge < -0.3 is 29.0 Å². The van der Waals surface area contributed by atoms with E-state index in [1.165, 1.54) is 19.8 Å². The third-order valence-corrected chi connectivity index (χ3v) is 6.52. The summed E-state index contributed by atoms with van der Waals surface area (Å²) in [5.41, 5.74) is 1.25. The fourth-order valence-corrected chi connectivity index (χ4v) is 4.26. The quantitative estimate of drug-likeness (QED) is 0.450. The minimum absolute atomic E-state index is 0.0563. The molecule has 1 N–H and O–H groups in total. The number of hydrogen-bond donors (Lipinski definition) is 1. The third kappa shape index (κ3) is 6.06. The maximum Gasteiger partial charge on any atom is 0.200 e. The number of phenolic OH excluding ortho intramolecular Hbond substituents is 1. The molecule has 0 spiro atoms. The first-order chi connectivity index (χ1) is 16.3. The van der Waals surface area contributed by atoms with E-state index in [4.69, 9.17) is 18.9 Å². The standard InChI is InChI=1S/C27H38N2O5/c1-19(2)27(18-28,21-16-24(33-6)26(30)25(17-21)34-7)12-8-13-29(3)14-11-20-9-10-22(31-4)23(15-20)32-5/h9-10,15-17,19,30H,8,11-14H2,1-7H3. The lowest BCUT2D eigenvalue weighted by atomic mass is 9.69. The molecule has 2 rings (SSSR count). The highest BCUT2D eigenvalue weighted by molar-refractivity contribution is 5.55. The molecule has 0 aromatic heterocycles. The number of ether oxygens (including phenoxy) is 4. The summed E-state index contributed by atoms with van der Waals surface area (Å²) >= 11 is 0. The van der Waals surface area contributed by atoms with Crippen LogP contribution >= 0.6 is 0 Å². The summed E-state index contributed by atoms with van der Waals surface area (Å²) in [6.07, 6.45) is 2.41. The van der Waals surface area contributed by atoms with Gasteiger partial charge >= 0.3 is 0 Å². The molecule has 0 heterocycles. The van der Waals surface area contributed by atoms with Gasteiger partial charge in [0.15, 0.2) is 23.0 Å². The SMILES string of the molecule is COc1ccc(CCN(C)CCCC(C#N)(c2cc(OC)c(O)c(OC)c2)C(C)C)cc1OC. The second-order valence-corrected chi connectivity index (χ2v) is 8.81. The predicted molar refractivity (Wildman–Crippen MR) is 133 cm³/mol. The highest BCUT2D eigenvalue weighted by atomic mass is 16.5. The lowest BCUT2D eigenvalue weighted by Gasteiger charge is -2.32. The van der Waals surface area contributed by atoms with Crippen LogP contribution < -0.4 is 18.9 Å². The van der Waals surface area contributed by atoms with Crippen molar-refractivity contribution in [3.8, 4) is 34.8 Å². The van der Waals surface area contributed by atoms with E-state index in [0.29, 0.717) is 17.9 Å². The fraction of sp³-hybridized carbons (Fsp3) is 0.519. The van der Waals surface area contributed by atoms with Crippen LogP contribution in [0.5, 0.6) is 28.7 Å². The average molecular weight is 471 g/mol. The van der Waals surface area contributed by atoms with Crippen LogP contribution in [0.15, 0.2) is 30.3 Å². The summed E-state index contributed by atoms with van der Waals surface area (Å²) in [5.74, 6) is 2.08. The van der Waals surface area contributed by atoms with Gasteiger partial charge in [-0.25, -0.2) is 0 Å². The van der Waals surface area contributed by atoms with Crippen molar-refractivity contribution in [2.45, 2.75) is 38.5 Å². The van der Waals surface area contributed by atoms with Crippen LogP contribution in [0.1, 0.15) is 37.8 Å². The van der Waals surface area contributed by atoms with Crippen LogP contribution in [-0.2, 0) is 11.8 Å². The van der Waals surface area contributed by atoms with Gasteiger partial charge in [-0.2, -0.15) is 5.26 Å². The van der Waals surface area contributed by atoms with Crippen molar-refractivity contribution in [2.24, 2.45) is 5.92 Å². The highest BCUT2D eigenvalue weighted by Crippen LogP contribution is 2.44. The van der Waals surface area contributed by atoms with Crippen molar-refractivity contribution in [1.82, 2.24) is 4.90 Å². The molecule has 0 aliphatic carbocycles. The van der Waals surface area contributed by atoms with Crippen molar-refractivity contribution >= 4 is 0 Å². The first kappa shape index (κ1) is 27.1. The molecule has 0 aliphatic heterocycles. The predicted octanol–water partition coefficient (Wildman–Crippen LogP) is 4.80. The molecule has 1 unspecified atom stereocenters. The van der Waals surface area contributed by atoms with Crippen molar-refractivity contribution in [2.75, 3.05) is 48.6 Å². The zero-order valence-corrected chi connectivity index (χ0v) is 21.5. The van der Waals surface area contributed by atoms with Gasteiger partial charge in [0.25, 0.3) is 0 Å². The molecule has 2 aromatic carbocycles. The Morgan fingerprint density at radius 3 is 2.00 bits per heavy atom. The summed E-state index contributed by atoms with van der Waals surface area (Å²) in [4.78, 5) is 2.27. The second-order valence-electron chi connectivity index (χ2n) is 8.81. The van der Waals surface area contributed by atoms with E-state index in [1.54, 1.807) is 26.4 Å². The summed E-state index contributed by atoms with van der Waals surface area (Å²) in [6.45, 7) is 5.85. The van der Waals surface area contributed by atoms with Gasteiger partial charge in [0.1, 0.15) is 0 Å². The monoisotopic (exact) mass is 470 g/mol. The Balaban J connectivity index is 2.08. The smallest absolute Gasteiger partial charge is 0.200 e. The number of phenols is 1. The van der Waals surface area contributed by atoms with E-state index in [9.17, 15) is 10.4 Å². The molecule has 0 amide bonds. The normalized spacial score (nSPS) is 12.8. The number of aromatic hydroxyl groups is 1. The van der Waals surface area contributed by atoms with Gasteiger partial charge in [0.05, 0.1) is 39.9 Å². The number of nitriles is 1. The summed E-state index contributed by atoms with van der Waals surface area (Å²) in [5, 5.41) is 20.6. The number of nitrogens with zero attached hydrogens (tertiary/aromatic N) is 2. The Morgan fingerprint density at radius 1 is 0.912 bits per heavy atom. The van der Waals surface area contributed by atoms with Crippen molar-refractivity contribution in [3.63, 3.8) is 0 Å². The molecule has 0 aliphatic rings. The molecule has 0 radical (unpaired) electrons. The third-order valence-electron chi connectivity index (χ3n) is 6.52. The Hall–Kier alpha value is -3.11. The molecule has 0 bridgehead atoms. The number of likely N-dealkylation sites (N-methyl/N-ethyl adjacent to an activating group) is 1. The van der Waals surface area contributed by atoms with Gasteiger partial charge in [-0.3, -0.25) is 0 Å². The molecule has 7 heteroatoms. The van der Waals surface area contributed by atoms with Gasteiger partial charge in [-0.05, 0) is 74.2 Å². The molecule has 1 atom stereocenters. The summed E-state index contributed by atoms with van der Waals surface area (Å²) in [6, 6.07) is 12.1. The van der Waals surface area contributed by atoms with E-state index in [2.05, 4.69) is 37.9 Å². The minimum atomic E-state index is -0.724. The van der Waals surface area contributed by atoms with Crippen LogP contribution in [0.2, 0.25) is 0 Å². The van der Waals surface area contributed by atoms with E-state index >= 15 is 0 Å². The van der Waals surface area contributed by atoms with Gasteiger partial charge in [-0.1, -0.05) is 19.9 Å². The maximum absolute atomic E-state index is 10.3. The molecule has 0 saturated heterocycles.